The summed E-state index contributed by atoms with van der Waals surface area (Å²) >= 11 is 0. The molecule has 0 saturated carbocycles. The molecule has 1 amide bonds. The second-order valence-electron chi connectivity index (χ2n) is 6.46. The molecule has 5 nitrogen and oxygen atoms in total. The molecule has 2 aromatic rings. The Bertz CT molecular complexity index is 694. The Hall–Kier alpha value is -2.14. The van der Waals surface area contributed by atoms with Gasteiger partial charge in [0.2, 0.25) is 11.8 Å². The molecule has 0 unspecified atom stereocenters. The van der Waals surface area contributed by atoms with E-state index in [1.807, 2.05) is 35.2 Å². The van der Waals surface area contributed by atoms with Crippen molar-refractivity contribution in [3.8, 4) is 11.3 Å². The molecular formula is C19H24N2O3. The third-order valence-corrected chi connectivity index (χ3v) is 4.37. The van der Waals surface area contributed by atoms with Crippen molar-refractivity contribution < 1.29 is 13.9 Å². The van der Waals surface area contributed by atoms with Gasteiger partial charge in [0.15, 0.2) is 0 Å². The van der Waals surface area contributed by atoms with Crippen molar-refractivity contribution in [2.24, 2.45) is 0 Å². The zero-order valence-electron chi connectivity index (χ0n) is 14.5. The van der Waals surface area contributed by atoms with Crippen LogP contribution in [0.1, 0.15) is 50.3 Å². The molecule has 1 aromatic heterocycles. The van der Waals surface area contributed by atoms with Gasteiger partial charge in [-0.25, -0.2) is 4.98 Å². The highest BCUT2D eigenvalue weighted by atomic mass is 16.5. The maximum atomic E-state index is 12.3. The minimum atomic E-state index is -0.0948. The molecule has 2 heterocycles. The van der Waals surface area contributed by atoms with Crippen LogP contribution in [0.15, 0.2) is 34.7 Å². The molecule has 1 saturated heterocycles. The van der Waals surface area contributed by atoms with Gasteiger partial charge in [0.1, 0.15) is 24.1 Å². The Morgan fingerprint density at radius 1 is 1.38 bits per heavy atom. The van der Waals surface area contributed by atoms with Gasteiger partial charge in [-0.2, -0.15) is 0 Å². The van der Waals surface area contributed by atoms with Crippen molar-refractivity contribution in [3.63, 3.8) is 0 Å². The Labute approximate surface area is 142 Å². The van der Waals surface area contributed by atoms with Gasteiger partial charge in [-0.1, -0.05) is 44.2 Å². The van der Waals surface area contributed by atoms with Crippen LogP contribution in [0.3, 0.4) is 0 Å². The molecular weight excluding hydrogens is 304 g/mol. The second kappa shape index (κ2) is 7.18. The molecule has 3 rings (SSSR count). The fourth-order valence-corrected chi connectivity index (χ4v) is 3.21. The summed E-state index contributed by atoms with van der Waals surface area (Å²) < 4.78 is 11.1. The molecule has 1 aliphatic rings. The molecule has 0 bridgehead atoms. The number of nitrogens with zero attached hydrogens (tertiary/aromatic N) is 2. The van der Waals surface area contributed by atoms with E-state index in [2.05, 4.69) is 13.8 Å². The third-order valence-electron chi connectivity index (χ3n) is 4.37. The van der Waals surface area contributed by atoms with E-state index >= 15 is 0 Å². The standard InChI is InChI=1S/C19H24N2O3/c1-13(2)18-17(14-8-5-4-6-9-14)20-19(24-18)15-10-7-11-21(15)16(22)12-23-3/h4-6,8-9,13,15H,7,10-12H2,1-3H3/t15-/m1/s1. The van der Waals surface area contributed by atoms with Crippen molar-refractivity contribution in [1.82, 2.24) is 9.88 Å². The van der Waals surface area contributed by atoms with Crippen LogP contribution in [-0.2, 0) is 9.53 Å². The smallest absolute Gasteiger partial charge is 0.249 e. The Kier molecular flexibility index (Phi) is 5.00. The first-order valence-corrected chi connectivity index (χ1v) is 8.46. The number of ether oxygens (including phenoxy) is 1. The lowest BCUT2D eigenvalue weighted by Crippen LogP contribution is -2.33. The predicted molar refractivity (Wildman–Crippen MR) is 91.6 cm³/mol. The van der Waals surface area contributed by atoms with Crippen LogP contribution in [0.2, 0.25) is 0 Å². The van der Waals surface area contributed by atoms with Crippen LogP contribution < -0.4 is 0 Å². The van der Waals surface area contributed by atoms with Crippen LogP contribution in [-0.4, -0.2) is 36.1 Å². The Morgan fingerprint density at radius 3 is 2.79 bits per heavy atom. The maximum absolute atomic E-state index is 12.3. The lowest BCUT2D eigenvalue weighted by atomic mass is 10.0. The molecule has 0 spiro atoms. The van der Waals surface area contributed by atoms with E-state index < -0.39 is 0 Å². The van der Waals surface area contributed by atoms with E-state index in [0.29, 0.717) is 5.89 Å². The van der Waals surface area contributed by atoms with E-state index in [4.69, 9.17) is 14.1 Å². The summed E-state index contributed by atoms with van der Waals surface area (Å²) in [4.78, 5) is 18.9. The van der Waals surface area contributed by atoms with Crippen molar-refractivity contribution in [3.05, 3.63) is 42.0 Å². The van der Waals surface area contributed by atoms with Crippen LogP contribution in [0.5, 0.6) is 0 Å². The lowest BCUT2D eigenvalue weighted by molar-refractivity contribution is -0.136. The van der Waals surface area contributed by atoms with Crippen LogP contribution in [0.25, 0.3) is 11.3 Å². The van der Waals surface area contributed by atoms with E-state index in [0.717, 1.165) is 36.4 Å². The average molecular weight is 328 g/mol. The zero-order valence-corrected chi connectivity index (χ0v) is 14.5. The minimum absolute atomic E-state index is 0.00874. The van der Waals surface area contributed by atoms with E-state index in [1.165, 1.54) is 0 Å². The first kappa shape index (κ1) is 16.7. The zero-order chi connectivity index (χ0) is 17.1. The molecule has 5 heteroatoms. The Morgan fingerprint density at radius 2 is 2.12 bits per heavy atom. The number of methoxy groups -OCH3 is 1. The highest BCUT2D eigenvalue weighted by molar-refractivity contribution is 5.78. The van der Waals surface area contributed by atoms with Gasteiger partial charge >= 0.3 is 0 Å². The van der Waals surface area contributed by atoms with Crippen molar-refractivity contribution in [2.45, 2.75) is 38.6 Å². The van der Waals surface area contributed by atoms with Gasteiger partial charge in [0.05, 0.1) is 0 Å². The van der Waals surface area contributed by atoms with Crippen LogP contribution in [0.4, 0.5) is 0 Å². The normalized spacial score (nSPS) is 17.7. The van der Waals surface area contributed by atoms with Crippen LogP contribution >= 0.6 is 0 Å². The average Bonchev–Trinajstić information content (AvgIpc) is 3.22. The molecule has 0 radical (unpaired) electrons. The van der Waals surface area contributed by atoms with Crippen molar-refractivity contribution in [1.29, 1.82) is 0 Å². The topological polar surface area (TPSA) is 55.6 Å². The second-order valence-corrected chi connectivity index (χ2v) is 6.46. The van der Waals surface area contributed by atoms with Crippen LogP contribution in [0, 0.1) is 0 Å². The van der Waals surface area contributed by atoms with Gasteiger partial charge in [0, 0.05) is 25.1 Å². The quantitative estimate of drug-likeness (QED) is 0.838. The molecule has 1 aliphatic heterocycles. The number of carbonyl (C=O) groups is 1. The molecule has 1 aromatic carbocycles. The lowest BCUT2D eigenvalue weighted by Gasteiger charge is -2.21. The number of benzene rings is 1. The monoisotopic (exact) mass is 328 g/mol. The molecule has 0 N–H and O–H groups in total. The van der Waals surface area contributed by atoms with Gasteiger partial charge in [-0.3, -0.25) is 4.79 Å². The number of likely N-dealkylation sites (tertiary alicyclic amines) is 1. The number of oxazole rings is 1. The summed E-state index contributed by atoms with van der Waals surface area (Å²) in [6.07, 6.45) is 1.84. The number of hydrogen-bond acceptors (Lipinski definition) is 4. The summed E-state index contributed by atoms with van der Waals surface area (Å²) in [7, 11) is 1.54. The van der Waals surface area contributed by atoms with Crippen molar-refractivity contribution in [2.75, 3.05) is 20.3 Å². The SMILES string of the molecule is COCC(=O)N1CCC[C@@H]1c1nc(-c2ccccc2)c(C(C)C)o1. The van der Waals surface area contributed by atoms with E-state index in [1.54, 1.807) is 7.11 Å². The van der Waals surface area contributed by atoms with E-state index in [-0.39, 0.29) is 24.5 Å². The number of aromatic nitrogens is 1. The van der Waals surface area contributed by atoms with Gasteiger partial charge in [0.25, 0.3) is 0 Å². The fourth-order valence-electron chi connectivity index (χ4n) is 3.21. The number of carbonyl (C=O) groups excluding carboxylic acids is 1. The Balaban J connectivity index is 1.95. The highest BCUT2D eigenvalue weighted by Crippen LogP contribution is 2.37. The molecule has 1 atom stereocenters. The first-order chi connectivity index (χ1) is 11.6. The number of rotatable bonds is 5. The van der Waals surface area contributed by atoms with Gasteiger partial charge in [-0.05, 0) is 12.8 Å². The summed E-state index contributed by atoms with van der Waals surface area (Å²) in [5.74, 6) is 1.73. The van der Waals surface area contributed by atoms with Gasteiger partial charge in [-0.15, -0.1) is 0 Å². The first-order valence-electron chi connectivity index (χ1n) is 8.46. The molecule has 24 heavy (non-hydrogen) atoms. The fraction of sp³-hybridized carbons (Fsp3) is 0.474. The van der Waals surface area contributed by atoms with E-state index in [9.17, 15) is 4.79 Å². The van der Waals surface area contributed by atoms with Gasteiger partial charge < -0.3 is 14.1 Å². The third kappa shape index (κ3) is 3.22. The summed E-state index contributed by atoms with van der Waals surface area (Å²) in [6.45, 7) is 5.02. The summed E-state index contributed by atoms with van der Waals surface area (Å²) in [6, 6.07) is 9.96. The summed E-state index contributed by atoms with van der Waals surface area (Å²) in [5, 5.41) is 0. The number of hydrogen-bond donors (Lipinski definition) is 0. The molecule has 128 valence electrons. The highest BCUT2D eigenvalue weighted by Gasteiger charge is 2.34. The maximum Gasteiger partial charge on any atom is 0.249 e. The minimum Gasteiger partial charge on any atom is -0.442 e. The molecule has 1 fully saturated rings. The summed E-state index contributed by atoms with van der Waals surface area (Å²) in [5.41, 5.74) is 1.93. The van der Waals surface area contributed by atoms with Crippen molar-refractivity contribution >= 4 is 5.91 Å². The molecule has 0 aliphatic carbocycles. The largest absolute Gasteiger partial charge is 0.442 e. The predicted octanol–water partition coefficient (Wildman–Crippen LogP) is 3.77. The number of amides is 1.